The summed E-state index contributed by atoms with van der Waals surface area (Å²) in [5.41, 5.74) is 3.25. The molecule has 0 spiro atoms. The van der Waals surface area contributed by atoms with E-state index in [4.69, 9.17) is 9.47 Å². The van der Waals surface area contributed by atoms with Crippen molar-refractivity contribution in [1.29, 1.82) is 0 Å². The van der Waals surface area contributed by atoms with E-state index in [-0.39, 0.29) is 30.9 Å². The number of carbonyl (C=O) groups excluding carboxylic acids is 3. The standard InChI is InChI=1S/C34H31N5O7S/c40-32(35-20-31-36-25-13-7-8-14-26(25)37-31)19-30-33(41)38-27-17-23(15-16-29(27)46-30)18-28(34(42)45-21-22-9-3-1-4-10-22)39-47(43,44)24-11-5-2-6-12-24/h1-17,28,30,39H,18-21H2,(H,35,40)(H,36,37)(H,38,41)/t28-,30?/m0/s1. The van der Waals surface area contributed by atoms with E-state index in [1.54, 1.807) is 48.5 Å². The maximum atomic E-state index is 13.2. The zero-order valence-corrected chi connectivity index (χ0v) is 25.8. The number of aromatic amines is 1. The van der Waals surface area contributed by atoms with Crippen molar-refractivity contribution in [2.24, 2.45) is 0 Å². The Morgan fingerprint density at radius 3 is 2.40 bits per heavy atom. The van der Waals surface area contributed by atoms with Gasteiger partial charge in [0.25, 0.3) is 5.91 Å². The van der Waals surface area contributed by atoms with Crippen LogP contribution in [0.5, 0.6) is 5.75 Å². The van der Waals surface area contributed by atoms with Crippen LogP contribution in [-0.2, 0) is 48.7 Å². The van der Waals surface area contributed by atoms with E-state index < -0.39 is 40.0 Å². The third kappa shape index (κ3) is 7.83. The van der Waals surface area contributed by atoms with Gasteiger partial charge in [0.15, 0.2) is 6.10 Å². The lowest BCUT2D eigenvalue weighted by Gasteiger charge is -2.26. The molecule has 1 aliphatic heterocycles. The van der Waals surface area contributed by atoms with E-state index in [1.807, 2.05) is 42.5 Å². The molecule has 1 unspecified atom stereocenters. The van der Waals surface area contributed by atoms with Gasteiger partial charge in [0.2, 0.25) is 15.9 Å². The molecular formula is C34H31N5O7S. The lowest BCUT2D eigenvalue weighted by Crippen LogP contribution is -2.43. The summed E-state index contributed by atoms with van der Waals surface area (Å²) in [7, 11) is -4.07. The number of carbonyl (C=O) groups is 3. The number of aromatic nitrogens is 2. The molecule has 13 heteroatoms. The topological polar surface area (TPSA) is 169 Å². The molecule has 0 aliphatic carbocycles. The summed E-state index contributed by atoms with van der Waals surface area (Å²) in [4.78, 5) is 46.3. The van der Waals surface area contributed by atoms with Crippen molar-refractivity contribution in [3.05, 3.63) is 120 Å². The van der Waals surface area contributed by atoms with E-state index >= 15 is 0 Å². The summed E-state index contributed by atoms with van der Waals surface area (Å²) in [6.07, 6.45) is -1.36. The highest BCUT2D eigenvalue weighted by atomic mass is 32.2. The first-order valence-electron chi connectivity index (χ1n) is 14.8. The molecule has 2 heterocycles. The fourth-order valence-corrected chi connectivity index (χ4v) is 6.27. The minimum atomic E-state index is -4.07. The second kappa shape index (κ2) is 13.8. The number of fused-ring (bicyclic) bond motifs is 2. The molecular weight excluding hydrogens is 622 g/mol. The van der Waals surface area contributed by atoms with Crippen LogP contribution < -0.4 is 20.1 Å². The highest BCUT2D eigenvalue weighted by Crippen LogP contribution is 2.32. The van der Waals surface area contributed by atoms with Crippen LogP contribution in [0.25, 0.3) is 11.0 Å². The summed E-state index contributed by atoms with van der Waals surface area (Å²) < 4.78 is 40.1. The highest BCUT2D eigenvalue weighted by Gasteiger charge is 2.31. The van der Waals surface area contributed by atoms with Gasteiger partial charge in [-0.25, -0.2) is 13.4 Å². The van der Waals surface area contributed by atoms with Gasteiger partial charge in [-0.2, -0.15) is 4.72 Å². The summed E-state index contributed by atoms with van der Waals surface area (Å²) in [6.45, 7) is 0.120. The fraction of sp³-hybridized carbons (Fsp3) is 0.176. The number of nitrogens with one attached hydrogen (secondary N) is 4. The highest BCUT2D eigenvalue weighted by molar-refractivity contribution is 7.89. The van der Waals surface area contributed by atoms with Crippen LogP contribution >= 0.6 is 0 Å². The summed E-state index contributed by atoms with van der Waals surface area (Å²) in [6, 6.07) is 27.8. The van der Waals surface area contributed by atoms with Gasteiger partial charge in [-0.3, -0.25) is 14.4 Å². The molecule has 0 saturated carbocycles. The molecule has 6 rings (SSSR count). The Morgan fingerprint density at radius 1 is 0.915 bits per heavy atom. The number of amides is 2. The number of hydrogen-bond donors (Lipinski definition) is 4. The molecule has 1 aromatic heterocycles. The van der Waals surface area contributed by atoms with Crippen LogP contribution in [-0.4, -0.2) is 48.3 Å². The van der Waals surface area contributed by atoms with Crippen LogP contribution in [0.1, 0.15) is 23.4 Å². The average Bonchev–Trinajstić information content (AvgIpc) is 3.50. The minimum Gasteiger partial charge on any atom is -0.478 e. The normalized spacial score (nSPS) is 14.8. The van der Waals surface area contributed by atoms with Crippen molar-refractivity contribution >= 4 is 44.5 Å². The summed E-state index contributed by atoms with van der Waals surface area (Å²) in [5, 5.41) is 5.50. The molecule has 4 aromatic carbocycles. The number of sulfonamides is 1. The quantitative estimate of drug-likeness (QED) is 0.148. The third-order valence-electron chi connectivity index (χ3n) is 7.42. The minimum absolute atomic E-state index is 0.000342. The number of para-hydroxylation sites is 2. The molecule has 4 N–H and O–H groups in total. The molecule has 1 aliphatic rings. The number of nitrogens with zero attached hydrogens (tertiary/aromatic N) is 1. The maximum absolute atomic E-state index is 13.2. The van der Waals surface area contributed by atoms with Gasteiger partial charge >= 0.3 is 5.97 Å². The maximum Gasteiger partial charge on any atom is 0.324 e. The summed E-state index contributed by atoms with van der Waals surface area (Å²) in [5.74, 6) is -0.762. The van der Waals surface area contributed by atoms with E-state index in [2.05, 4.69) is 25.3 Å². The zero-order chi connectivity index (χ0) is 32.8. The second-order valence-corrected chi connectivity index (χ2v) is 12.6. The van der Waals surface area contributed by atoms with Crippen molar-refractivity contribution < 1.29 is 32.3 Å². The lowest BCUT2D eigenvalue weighted by atomic mass is 10.0. The Labute approximate surface area is 270 Å². The summed E-state index contributed by atoms with van der Waals surface area (Å²) >= 11 is 0. The number of rotatable bonds is 12. The SMILES string of the molecule is O=C(CC1Oc2ccc(C[C@H](NS(=O)(=O)c3ccccc3)C(=O)OCc3ccccc3)cc2NC1=O)NCc1nc2ccccc2[nH]1. The Balaban J connectivity index is 1.11. The van der Waals surface area contributed by atoms with Crippen molar-refractivity contribution in [2.45, 2.75) is 43.0 Å². The van der Waals surface area contributed by atoms with Gasteiger partial charge in [-0.05, 0) is 53.9 Å². The molecule has 0 bridgehead atoms. The van der Waals surface area contributed by atoms with E-state index in [0.29, 0.717) is 22.8 Å². The Hall–Kier alpha value is -5.53. The molecule has 47 heavy (non-hydrogen) atoms. The lowest BCUT2D eigenvalue weighted by molar-refractivity contribution is -0.147. The van der Waals surface area contributed by atoms with Crippen LogP contribution in [0.4, 0.5) is 5.69 Å². The predicted octanol–water partition coefficient (Wildman–Crippen LogP) is 3.60. The smallest absolute Gasteiger partial charge is 0.324 e. The number of esters is 1. The van der Waals surface area contributed by atoms with Gasteiger partial charge < -0.3 is 25.1 Å². The molecule has 0 radical (unpaired) electrons. The first-order chi connectivity index (χ1) is 22.7. The Kier molecular flexibility index (Phi) is 9.27. The Morgan fingerprint density at radius 2 is 1.64 bits per heavy atom. The molecule has 5 aromatic rings. The largest absolute Gasteiger partial charge is 0.478 e. The average molecular weight is 654 g/mol. The van der Waals surface area contributed by atoms with Gasteiger partial charge in [0.05, 0.1) is 34.6 Å². The molecule has 12 nitrogen and oxygen atoms in total. The number of ether oxygens (including phenoxy) is 2. The first kappa shape index (κ1) is 31.5. The van der Waals surface area contributed by atoms with Gasteiger partial charge in [-0.15, -0.1) is 0 Å². The van der Waals surface area contributed by atoms with Crippen molar-refractivity contribution in [3.63, 3.8) is 0 Å². The Bertz CT molecular complexity index is 1980. The van der Waals surface area contributed by atoms with E-state index in [9.17, 15) is 22.8 Å². The van der Waals surface area contributed by atoms with Crippen molar-refractivity contribution in [2.75, 3.05) is 5.32 Å². The zero-order valence-electron chi connectivity index (χ0n) is 25.0. The third-order valence-corrected chi connectivity index (χ3v) is 8.91. The number of H-pyrrole nitrogens is 1. The molecule has 2 atom stereocenters. The number of anilines is 1. The number of hydrogen-bond acceptors (Lipinski definition) is 8. The van der Waals surface area contributed by atoms with Crippen LogP contribution in [0, 0.1) is 0 Å². The van der Waals surface area contributed by atoms with Gasteiger partial charge in [0.1, 0.15) is 24.2 Å². The first-order valence-corrected chi connectivity index (χ1v) is 16.3. The molecule has 0 fully saturated rings. The van der Waals surface area contributed by atoms with Gasteiger partial charge in [0, 0.05) is 0 Å². The van der Waals surface area contributed by atoms with Crippen LogP contribution in [0.15, 0.2) is 108 Å². The monoisotopic (exact) mass is 653 g/mol. The van der Waals surface area contributed by atoms with E-state index in [0.717, 1.165) is 16.6 Å². The fourth-order valence-electron chi connectivity index (χ4n) is 5.06. The molecule has 0 saturated heterocycles. The van der Waals surface area contributed by atoms with Gasteiger partial charge in [-0.1, -0.05) is 66.7 Å². The van der Waals surface area contributed by atoms with Crippen molar-refractivity contribution in [3.8, 4) is 5.75 Å². The molecule has 2 amide bonds. The predicted molar refractivity (Wildman–Crippen MR) is 173 cm³/mol. The number of imidazole rings is 1. The van der Waals surface area contributed by atoms with Crippen LogP contribution in [0.3, 0.4) is 0 Å². The number of benzene rings is 4. The van der Waals surface area contributed by atoms with E-state index in [1.165, 1.54) is 12.1 Å². The van der Waals surface area contributed by atoms with Crippen LogP contribution in [0.2, 0.25) is 0 Å². The molecule has 240 valence electrons. The van der Waals surface area contributed by atoms with Crippen molar-refractivity contribution in [1.82, 2.24) is 20.0 Å². The second-order valence-electron chi connectivity index (χ2n) is 10.9.